The number of aryl methyl sites for hydroxylation is 1. The van der Waals surface area contributed by atoms with E-state index < -0.39 is 0 Å². The van der Waals surface area contributed by atoms with Crippen molar-refractivity contribution in [3.8, 4) is 5.75 Å². The van der Waals surface area contributed by atoms with E-state index in [1.165, 1.54) is 31.5 Å². The molecule has 2 heterocycles. The lowest BCUT2D eigenvalue weighted by molar-refractivity contribution is 0.0973. The molecule has 3 atom stereocenters. The van der Waals surface area contributed by atoms with Crippen LogP contribution < -0.4 is 4.74 Å². The summed E-state index contributed by atoms with van der Waals surface area (Å²) >= 11 is 0. The number of piperidine rings is 1. The Balaban J connectivity index is 1.69. The van der Waals surface area contributed by atoms with E-state index in [9.17, 15) is 0 Å². The Morgan fingerprint density at radius 2 is 2.12 bits per heavy atom. The second-order valence-electron chi connectivity index (χ2n) is 5.16. The lowest BCUT2D eigenvalue weighted by Crippen LogP contribution is -2.39. The first kappa shape index (κ1) is 10.2. The summed E-state index contributed by atoms with van der Waals surface area (Å²) in [5.74, 6) is 1.94. The molecule has 0 aromatic heterocycles. The molecule has 2 heteroatoms. The summed E-state index contributed by atoms with van der Waals surface area (Å²) in [7, 11) is 0. The van der Waals surface area contributed by atoms with Crippen molar-refractivity contribution in [2.75, 3.05) is 19.6 Å². The molecule has 2 bridgehead atoms. The summed E-state index contributed by atoms with van der Waals surface area (Å²) in [4.78, 5) is 2.54. The third-order valence-corrected chi connectivity index (χ3v) is 3.82. The van der Waals surface area contributed by atoms with Crippen LogP contribution in [0.2, 0.25) is 0 Å². The highest BCUT2D eigenvalue weighted by Gasteiger charge is 2.33. The fraction of sp³-hybridized carbons (Fsp3) is 0.571. The third kappa shape index (κ3) is 1.94. The molecular weight excluding hydrogens is 198 g/mol. The summed E-state index contributed by atoms with van der Waals surface area (Å²) < 4.78 is 6.13. The van der Waals surface area contributed by atoms with E-state index in [1.807, 2.05) is 0 Å². The van der Waals surface area contributed by atoms with Crippen LogP contribution in [0.15, 0.2) is 24.3 Å². The lowest BCUT2D eigenvalue weighted by atomic mass is 9.98. The normalized spacial score (nSPS) is 32.7. The summed E-state index contributed by atoms with van der Waals surface area (Å²) in [5, 5.41) is 0. The highest BCUT2D eigenvalue weighted by Crippen LogP contribution is 2.29. The zero-order valence-corrected chi connectivity index (χ0v) is 9.86. The van der Waals surface area contributed by atoms with Gasteiger partial charge in [-0.3, -0.25) is 4.90 Å². The van der Waals surface area contributed by atoms with Gasteiger partial charge in [-0.1, -0.05) is 18.2 Å². The fourth-order valence-electron chi connectivity index (χ4n) is 2.96. The van der Waals surface area contributed by atoms with E-state index in [1.54, 1.807) is 0 Å². The first-order valence-electron chi connectivity index (χ1n) is 6.26. The minimum atomic E-state index is 0.405. The molecule has 2 aliphatic rings. The molecule has 0 amide bonds. The Kier molecular flexibility index (Phi) is 2.60. The van der Waals surface area contributed by atoms with Gasteiger partial charge in [0.2, 0.25) is 0 Å². The van der Waals surface area contributed by atoms with Crippen LogP contribution in [0.3, 0.4) is 0 Å². The molecular formula is C14H19NO. The Bertz CT molecular complexity index is 365. The quantitative estimate of drug-likeness (QED) is 0.754. The maximum atomic E-state index is 6.13. The van der Waals surface area contributed by atoms with Crippen LogP contribution in [0.4, 0.5) is 0 Å². The van der Waals surface area contributed by atoms with Gasteiger partial charge in [0.05, 0.1) is 0 Å². The number of ether oxygens (including phenoxy) is 1. The van der Waals surface area contributed by atoms with E-state index in [0.717, 1.165) is 18.2 Å². The van der Waals surface area contributed by atoms with E-state index in [-0.39, 0.29) is 0 Å². The van der Waals surface area contributed by atoms with Gasteiger partial charge in [-0.05, 0) is 43.9 Å². The summed E-state index contributed by atoms with van der Waals surface area (Å²) in [6.07, 6.45) is 3.01. The molecule has 0 N–H and O–H groups in total. The Morgan fingerprint density at radius 1 is 1.25 bits per heavy atom. The molecule has 2 nitrogen and oxygen atoms in total. The molecule has 2 fully saturated rings. The average Bonchev–Trinajstić information content (AvgIpc) is 2.62. The van der Waals surface area contributed by atoms with Gasteiger partial charge in [0, 0.05) is 13.1 Å². The third-order valence-electron chi connectivity index (χ3n) is 3.82. The topological polar surface area (TPSA) is 12.5 Å². The van der Waals surface area contributed by atoms with E-state index >= 15 is 0 Å². The van der Waals surface area contributed by atoms with Gasteiger partial charge in [0.15, 0.2) is 0 Å². The molecule has 2 saturated heterocycles. The van der Waals surface area contributed by atoms with E-state index in [2.05, 4.69) is 36.1 Å². The molecule has 0 aliphatic carbocycles. The molecule has 1 aromatic rings. The maximum absolute atomic E-state index is 6.13. The second-order valence-corrected chi connectivity index (χ2v) is 5.16. The molecule has 86 valence electrons. The largest absolute Gasteiger partial charge is 0.489 e. The van der Waals surface area contributed by atoms with Crippen LogP contribution >= 0.6 is 0 Å². The maximum Gasteiger partial charge on any atom is 0.122 e. The summed E-state index contributed by atoms with van der Waals surface area (Å²) in [6, 6.07) is 8.32. The van der Waals surface area contributed by atoms with Gasteiger partial charge < -0.3 is 4.74 Å². The Labute approximate surface area is 97.2 Å². The number of benzene rings is 1. The van der Waals surface area contributed by atoms with Crippen LogP contribution in [0, 0.1) is 12.8 Å². The molecule has 0 saturated carbocycles. The van der Waals surface area contributed by atoms with Gasteiger partial charge in [0.25, 0.3) is 0 Å². The van der Waals surface area contributed by atoms with Crippen molar-refractivity contribution in [2.24, 2.45) is 5.92 Å². The van der Waals surface area contributed by atoms with Gasteiger partial charge in [-0.2, -0.15) is 0 Å². The number of rotatable bonds is 2. The molecule has 1 aromatic carbocycles. The molecule has 3 unspecified atom stereocenters. The van der Waals surface area contributed by atoms with Crippen molar-refractivity contribution in [1.82, 2.24) is 4.90 Å². The van der Waals surface area contributed by atoms with Crippen LogP contribution in [0.1, 0.15) is 18.4 Å². The first-order valence-corrected chi connectivity index (χ1v) is 6.26. The molecule has 3 rings (SSSR count). The van der Waals surface area contributed by atoms with Crippen molar-refractivity contribution in [3.63, 3.8) is 0 Å². The smallest absolute Gasteiger partial charge is 0.122 e. The van der Waals surface area contributed by atoms with Crippen molar-refractivity contribution >= 4 is 0 Å². The minimum absolute atomic E-state index is 0.405. The second kappa shape index (κ2) is 4.10. The number of hydrogen-bond acceptors (Lipinski definition) is 2. The number of para-hydroxylation sites is 1. The minimum Gasteiger partial charge on any atom is -0.489 e. The van der Waals surface area contributed by atoms with Crippen LogP contribution in [-0.2, 0) is 0 Å². The van der Waals surface area contributed by atoms with Crippen molar-refractivity contribution < 1.29 is 4.74 Å². The monoisotopic (exact) mass is 217 g/mol. The van der Waals surface area contributed by atoms with Crippen LogP contribution in [0.5, 0.6) is 5.75 Å². The molecule has 16 heavy (non-hydrogen) atoms. The van der Waals surface area contributed by atoms with Gasteiger partial charge in [-0.25, -0.2) is 0 Å². The van der Waals surface area contributed by atoms with Crippen LogP contribution in [0.25, 0.3) is 0 Å². The molecule has 0 radical (unpaired) electrons. The van der Waals surface area contributed by atoms with Gasteiger partial charge in [0.1, 0.15) is 11.9 Å². The number of fused-ring (bicyclic) bond motifs is 2. The van der Waals surface area contributed by atoms with Crippen LogP contribution in [-0.4, -0.2) is 30.6 Å². The Hall–Kier alpha value is -1.02. The number of hydrogen-bond donors (Lipinski definition) is 0. The number of nitrogens with zero attached hydrogens (tertiary/aromatic N) is 1. The predicted octanol–water partition coefficient (Wildman–Crippen LogP) is 2.47. The SMILES string of the molecule is Cc1ccccc1OC1CC2CCN(C2)C1. The van der Waals surface area contributed by atoms with E-state index in [4.69, 9.17) is 4.74 Å². The van der Waals surface area contributed by atoms with Crippen molar-refractivity contribution in [2.45, 2.75) is 25.9 Å². The summed E-state index contributed by atoms with van der Waals surface area (Å²) in [6.45, 7) is 5.81. The summed E-state index contributed by atoms with van der Waals surface area (Å²) in [5.41, 5.74) is 1.25. The Morgan fingerprint density at radius 3 is 2.94 bits per heavy atom. The first-order chi connectivity index (χ1) is 7.81. The average molecular weight is 217 g/mol. The molecule has 2 aliphatic heterocycles. The standard InChI is InChI=1S/C14H19NO/c1-11-4-2-3-5-14(11)16-13-8-12-6-7-15(9-12)10-13/h2-5,12-13H,6-10H2,1H3. The highest BCUT2D eigenvalue weighted by atomic mass is 16.5. The highest BCUT2D eigenvalue weighted by molar-refractivity contribution is 5.32. The van der Waals surface area contributed by atoms with E-state index in [0.29, 0.717) is 6.10 Å². The van der Waals surface area contributed by atoms with Crippen molar-refractivity contribution in [3.05, 3.63) is 29.8 Å². The lowest BCUT2D eigenvalue weighted by Gasteiger charge is -2.30. The van der Waals surface area contributed by atoms with Crippen molar-refractivity contribution in [1.29, 1.82) is 0 Å². The zero-order chi connectivity index (χ0) is 11.0. The molecule has 0 spiro atoms. The fourth-order valence-corrected chi connectivity index (χ4v) is 2.96. The van der Waals surface area contributed by atoms with Gasteiger partial charge in [-0.15, -0.1) is 0 Å². The van der Waals surface area contributed by atoms with Gasteiger partial charge >= 0.3 is 0 Å². The zero-order valence-electron chi connectivity index (χ0n) is 9.86. The predicted molar refractivity (Wildman–Crippen MR) is 64.8 cm³/mol.